The predicted octanol–water partition coefficient (Wildman–Crippen LogP) is 6.71. The van der Waals surface area contributed by atoms with Crippen LogP contribution in [0.2, 0.25) is 0 Å². The third-order valence-electron chi connectivity index (χ3n) is 4.68. The number of aliphatic imine (C=N–C) groups is 2. The van der Waals surface area contributed by atoms with Crippen LogP contribution >= 0.6 is 11.8 Å². The van der Waals surface area contributed by atoms with Crippen LogP contribution in [-0.4, -0.2) is 24.1 Å². The summed E-state index contributed by atoms with van der Waals surface area (Å²) in [4.78, 5) is 9.78. The van der Waals surface area contributed by atoms with Crippen LogP contribution in [0.25, 0.3) is 0 Å². The molecule has 0 amide bonds. The Hall–Kier alpha value is -3.05. The molecule has 3 aromatic carbocycles. The topological polar surface area (TPSA) is 43.2 Å². The van der Waals surface area contributed by atoms with Crippen LogP contribution in [0.4, 0.5) is 11.4 Å². The van der Waals surface area contributed by atoms with Crippen molar-refractivity contribution in [1.29, 1.82) is 0 Å². The number of rotatable bonds is 4. The van der Waals surface area contributed by atoms with E-state index in [1.165, 1.54) is 5.56 Å². The van der Waals surface area contributed by atoms with Gasteiger partial charge < -0.3 is 9.47 Å². The van der Waals surface area contributed by atoms with Crippen molar-refractivity contribution in [2.24, 2.45) is 9.98 Å². The summed E-state index contributed by atoms with van der Waals surface area (Å²) in [5.74, 6) is 2.05. The van der Waals surface area contributed by atoms with Crippen LogP contribution in [0.1, 0.15) is 17.5 Å². The molecule has 0 bridgehead atoms. The molecule has 0 atom stereocenters. The lowest BCUT2D eigenvalue weighted by Crippen LogP contribution is -2.05. The van der Waals surface area contributed by atoms with Crippen molar-refractivity contribution < 1.29 is 9.47 Å². The van der Waals surface area contributed by atoms with Gasteiger partial charge in [0.05, 0.1) is 29.2 Å². The predicted molar refractivity (Wildman–Crippen MR) is 122 cm³/mol. The molecule has 0 saturated carbocycles. The van der Waals surface area contributed by atoms with Gasteiger partial charge in [0.1, 0.15) is 5.75 Å². The van der Waals surface area contributed by atoms with Crippen molar-refractivity contribution in [2.75, 3.05) is 13.4 Å². The summed E-state index contributed by atoms with van der Waals surface area (Å²) in [6.45, 7) is 2.09. The zero-order chi connectivity index (χ0) is 20.2. The Morgan fingerprint density at radius 2 is 1.62 bits per heavy atom. The van der Waals surface area contributed by atoms with Crippen molar-refractivity contribution >= 4 is 33.9 Å². The molecule has 0 radical (unpaired) electrons. The van der Waals surface area contributed by atoms with Gasteiger partial charge in [-0.2, -0.15) is 0 Å². The molecule has 5 heteroatoms. The Morgan fingerprint density at radius 3 is 2.34 bits per heavy atom. The number of ether oxygens (including phenoxy) is 2. The monoisotopic (exact) mass is 402 g/mol. The van der Waals surface area contributed by atoms with E-state index in [0.717, 1.165) is 27.7 Å². The van der Waals surface area contributed by atoms with E-state index in [2.05, 4.69) is 37.4 Å². The SMILES string of the molecule is COc1ccccc1Oc1ccc2c(c1)N=C(c1ccc(C)cc1)CC(SC)=N2. The van der Waals surface area contributed by atoms with Crippen molar-refractivity contribution in [3.05, 3.63) is 77.9 Å². The average Bonchev–Trinajstić information content (AvgIpc) is 2.93. The second kappa shape index (κ2) is 8.53. The van der Waals surface area contributed by atoms with Crippen molar-refractivity contribution in [1.82, 2.24) is 0 Å². The fraction of sp³-hybridized carbons (Fsp3) is 0.167. The molecule has 0 unspecified atom stereocenters. The zero-order valence-electron chi connectivity index (χ0n) is 16.7. The molecule has 1 aliphatic heterocycles. The largest absolute Gasteiger partial charge is 0.493 e. The second-order valence-corrected chi connectivity index (χ2v) is 7.59. The molecule has 1 heterocycles. The normalized spacial score (nSPS) is 13.1. The number of fused-ring (bicyclic) bond motifs is 1. The first kappa shape index (κ1) is 19.3. The standard InChI is InChI=1S/C24H22N2O2S/c1-16-8-10-17(11-9-16)20-15-24(29-3)26-19-13-12-18(14-21(19)25-20)28-23-7-5-4-6-22(23)27-2/h4-14H,15H2,1-3H3. The summed E-state index contributed by atoms with van der Waals surface area (Å²) in [5, 5.41) is 1.04. The fourth-order valence-corrected chi connectivity index (χ4v) is 3.58. The molecule has 4 rings (SSSR count). The van der Waals surface area contributed by atoms with Gasteiger partial charge in [-0.05, 0) is 43.0 Å². The van der Waals surface area contributed by atoms with Crippen molar-refractivity contribution in [3.8, 4) is 17.2 Å². The van der Waals surface area contributed by atoms with Crippen LogP contribution in [0, 0.1) is 6.92 Å². The first-order valence-corrected chi connectivity index (χ1v) is 10.6. The summed E-state index contributed by atoms with van der Waals surface area (Å²) < 4.78 is 11.5. The van der Waals surface area contributed by atoms with Gasteiger partial charge in [-0.1, -0.05) is 42.0 Å². The highest BCUT2D eigenvalue weighted by molar-refractivity contribution is 8.13. The molecule has 3 aromatic rings. The van der Waals surface area contributed by atoms with Crippen LogP contribution in [0.3, 0.4) is 0 Å². The van der Waals surface area contributed by atoms with Gasteiger partial charge in [-0.15, -0.1) is 11.8 Å². The van der Waals surface area contributed by atoms with Gasteiger partial charge in [0.25, 0.3) is 0 Å². The molecule has 0 fully saturated rings. The third-order valence-corrected chi connectivity index (χ3v) is 5.39. The zero-order valence-corrected chi connectivity index (χ0v) is 17.5. The van der Waals surface area contributed by atoms with Crippen LogP contribution in [0.15, 0.2) is 76.7 Å². The number of nitrogens with zero attached hydrogens (tertiary/aromatic N) is 2. The van der Waals surface area contributed by atoms with E-state index >= 15 is 0 Å². The second-order valence-electron chi connectivity index (χ2n) is 6.71. The van der Waals surface area contributed by atoms with Gasteiger partial charge in [0.15, 0.2) is 11.5 Å². The van der Waals surface area contributed by atoms with E-state index in [9.17, 15) is 0 Å². The first-order valence-electron chi connectivity index (χ1n) is 9.37. The minimum absolute atomic E-state index is 0.666. The number of hydrogen-bond acceptors (Lipinski definition) is 5. The maximum absolute atomic E-state index is 6.07. The molecule has 0 aromatic heterocycles. The lowest BCUT2D eigenvalue weighted by Gasteiger charge is -2.11. The summed E-state index contributed by atoms with van der Waals surface area (Å²) in [6.07, 6.45) is 2.76. The number of methoxy groups -OCH3 is 1. The molecule has 146 valence electrons. The first-order chi connectivity index (χ1) is 14.2. The highest BCUT2D eigenvalue weighted by atomic mass is 32.2. The summed E-state index contributed by atoms with van der Waals surface area (Å²) >= 11 is 1.66. The maximum Gasteiger partial charge on any atom is 0.169 e. The molecule has 29 heavy (non-hydrogen) atoms. The summed E-state index contributed by atoms with van der Waals surface area (Å²) in [6, 6.07) is 21.9. The molecule has 0 N–H and O–H groups in total. The molecule has 1 aliphatic rings. The van der Waals surface area contributed by atoms with E-state index in [1.54, 1.807) is 18.9 Å². The minimum atomic E-state index is 0.666. The molecular weight excluding hydrogens is 380 g/mol. The quantitative estimate of drug-likeness (QED) is 0.487. The highest BCUT2D eigenvalue weighted by Crippen LogP contribution is 2.39. The van der Waals surface area contributed by atoms with Gasteiger partial charge in [0, 0.05) is 12.5 Å². The van der Waals surface area contributed by atoms with Crippen LogP contribution in [-0.2, 0) is 0 Å². The molecule has 0 saturated heterocycles. The van der Waals surface area contributed by atoms with E-state index in [1.807, 2.05) is 42.5 Å². The molecule has 4 nitrogen and oxygen atoms in total. The molecule has 0 spiro atoms. The Labute approximate surface area is 175 Å². The van der Waals surface area contributed by atoms with Crippen LogP contribution in [0.5, 0.6) is 17.2 Å². The van der Waals surface area contributed by atoms with Crippen molar-refractivity contribution in [2.45, 2.75) is 13.3 Å². The van der Waals surface area contributed by atoms with Gasteiger partial charge >= 0.3 is 0 Å². The number of aryl methyl sites for hydroxylation is 1. The highest BCUT2D eigenvalue weighted by Gasteiger charge is 2.16. The number of benzene rings is 3. The van der Waals surface area contributed by atoms with Gasteiger partial charge in [-0.3, -0.25) is 0 Å². The van der Waals surface area contributed by atoms with Gasteiger partial charge in [0.2, 0.25) is 0 Å². The lowest BCUT2D eigenvalue weighted by atomic mass is 10.1. The summed E-state index contributed by atoms with van der Waals surface area (Å²) in [5.41, 5.74) is 5.00. The smallest absolute Gasteiger partial charge is 0.169 e. The van der Waals surface area contributed by atoms with E-state index in [0.29, 0.717) is 23.7 Å². The average molecular weight is 403 g/mol. The Bertz CT molecular complexity index is 1090. The number of thioether (sulfide) groups is 1. The van der Waals surface area contributed by atoms with Gasteiger partial charge in [-0.25, -0.2) is 9.98 Å². The number of para-hydroxylation sites is 2. The number of hydrogen-bond donors (Lipinski definition) is 0. The molecule has 0 aliphatic carbocycles. The maximum atomic E-state index is 6.07. The third kappa shape index (κ3) is 4.35. The fourth-order valence-electron chi connectivity index (χ4n) is 3.11. The molecular formula is C24H22N2O2S. The van der Waals surface area contributed by atoms with Crippen LogP contribution < -0.4 is 9.47 Å². The van der Waals surface area contributed by atoms with E-state index in [4.69, 9.17) is 19.5 Å². The summed E-state index contributed by atoms with van der Waals surface area (Å²) in [7, 11) is 1.63. The Kier molecular flexibility index (Phi) is 5.67. The Balaban J connectivity index is 1.74. The van der Waals surface area contributed by atoms with Crippen molar-refractivity contribution in [3.63, 3.8) is 0 Å². The minimum Gasteiger partial charge on any atom is -0.493 e. The van der Waals surface area contributed by atoms with E-state index in [-0.39, 0.29) is 0 Å². The van der Waals surface area contributed by atoms with E-state index < -0.39 is 0 Å². The lowest BCUT2D eigenvalue weighted by molar-refractivity contribution is 0.379. The Morgan fingerprint density at radius 1 is 0.862 bits per heavy atom.